The zero-order valence-corrected chi connectivity index (χ0v) is 18.6. The molecule has 0 aliphatic carbocycles. The molecule has 2 saturated heterocycles. The molecule has 0 unspecified atom stereocenters. The molecule has 2 aliphatic rings. The first-order valence-corrected chi connectivity index (χ1v) is 10.6. The molecule has 0 bridgehead atoms. The molecule has 0 saturated carbocycles. The summed E-state index contributed by atoms with van der Waals surface area (Å²) in [5, 5.41) is 0.652. The highest BCUT2D eigenvalue weighted by molar-refractivity contribution is 6.30. The Balaban J connectivity index is 1.65. The second kappa shape index (κ2) is 7.58. The van der Waals surface area contributed by atoms with Gasteiger partial charge in [0.05, 0.1) is 13.1 Å². The Morgan fingerprint density at radius 1 is 1.07 bits per heavy atom. The number of aryl methyl sites for hydroxylation is 2. The summed E-state index contributed by atoms with van der Waals surface area (Å²) in [5.41, 5.74) is 3.05. The summed E-state index contributed by atoms with van der Waals surface area (Å²) in [6.07, 6.45) is 0. The Hall–Kier alpha value is -2.60. The third kappa shape index (κ3) is 3.54. The molecule has 158 valence electrons. The largest absolute Gasteiger partial charge is 0.365 e. The Bertz CT molecular complexity index is 963. The van der Waals surface area contributed by atoms with Crippen molar-refractivity contribution in [2.75, 3.05) is 24.5 Å². The molecule has 30 heavy (non-hydrogen) atoms. The van der Waals surface area contributed by atoms with Crippen LogP contribution in [0.3, 0.4) is 0 Å². The van der Waals surface area contributed by atoms with Gasteiger partial charge in [-0.2, -0.15) is 0 Å². The van der Waals surface area contributed by atoms with Crippen molar-refractivity contribution >= 4 is 29.1 Å². The second-order valence-electron chi connectivity index (χ2n) is 8.63. The molecule has 2 aliphatic heterocycles. The highest BCUT2D eigenvalue weighted by Crippen LogP contribution is 2.38. The first-order chi connectivity index (χ1) is 14.2. The molecular weight excluding hydrogens is 400 g/mol. The van der Waals surface area contributed by atoms with Gasteiger partial charge in [0.1, 0.15) is 6.54 Å². The minimum Gasteiger partial charge on any atom is -0.365 e. The van der Waals surface area contributed by atoms with Gasteiger partial charge >= 0.3 is 0 Å². The number of benzene rings is 1. The Morgan fingerprint density at radius 3 is 2.23 bits per heavy atom. The van der Waals surface area contributed by atoms with Crippen molar-refractivity contribution in [3.8, 4) is 0 Å². The van der Waals surface area contributed by atoms with E-state index in [1.807, 2.05) is 64.1 Å². The highest BCUT2D eigenvalue weighted by Gasteiger charge is 2.59. The molecule has 7 heteroatoms. The van der Waals surface area contributed by atoms with Crippen LogP contribution < -0.4 is 4.90 Å². The highest BCUT2D eigenvalue weighted by atomic mass is 35.5. The van der Waals surface area contributed by atoms with E-state index in [1.54, 1.807) is 9.80 Å². The molecular formula is C23H27ClN4O2. The molecule has 0 atom stereocenters. The Labute approximate surface area is 182 Å². The molecule has 6 nitrogen and oxygen atoms in total. The first kappa shape index (κ1) is 20.7. The van der Waals surface area contributed by atoms with Crippen molar-refractivity contribution in [2.24, 2.45) is 0 Å². The van der Waals surface area contributed by atoms with Gasteiger partial charge in [0.2, 0.25) is 5.91 Å². The van der Waals surface area contributed by atoms with Gasteiger partial charge in [-0.1, -0.05) is 23.7 Å². The molecule has 1 spiro atoms. The van der Waals surface area contributed by atoms with E-state index < -0.39 is 5.54 Å². The number of carbonyl (C=O) groups excluding carboxylic acids is 2. The third-order valence-corrected chi connectivity index (χ3v) is 6.25. The number of anilines is 1. The smallest absolute Gasteiger partial charge is 0.252 e. The number of rotatable bonds is 4. The number of piperazine rings is 1. The topological polar surface area (TPSA) is 56.8 Å². The number of pyridine rings is 1. The standard InChI is InChI=1S/C23H27ClN4O2/c1-15(2)27-12-21(29)28(11-18-5-7-19(24)8-6-18)23(22(27)30)13-26(14-23)20-9-16(3)25-17(4)10-20/h5-10,15H,11-14H2,1-4H3. The first-order valence-electron chi connectivity index (χ1n) is 10.3. The maximum absolute atomic E-state index is 13.6. The van der Waals surface area contributed by atoms with Crippen LogP contribution in [0.25, 0.3) is 0 Å². The SMILES string of the molecule is Cc1cc(N2CC3(C2)C(=O)N(C(C)C)CC(=O)N3Cc2ccc(Cl)cc2)cc(C)n1. The van der Waals surface area contributed by atoms with Gasteiger partial charge < -0.3 is 14.7 Å². The minimum absolute atomic E-state index is 0.0139. The second-order valence-corrected chi connectivity index (χ2v) is 9.07. The number of aromatic nitrogens is 1. The van der Waals surface area contributed by atoms with Gasteiger partial charge in [-0.3, -0.25) is 14.6 Å². The maximum atomic E-state index is 13.6. The summed E-state index contributed by atoms with van der Waals surface area (Å²) >= 11 is 6.01. The monoisotopic (exact) mass is 426 g/mol. The Kier molecular flexibility index (Phi) is 5.22. The van der Waals surface area contributed by atoms with Crippen LogP contribution in [0, 0.1) is 13.8 Å². The summed E-state index contributed by atoms with van der Waals surface area (Å²) in [6.45, 7) is 9.34. The molecule has 0 radical (unpaired) electrons. The van der Waals surface area contributed by atoms with Gasteiger partial charge in [-0.25, -0.2) is 0 Å². The van der Waals surface area contributed by atoms with Gasteiger partial charge in [0, 0.05) is 34.7 Å². The van der Waals surface area contributed by atoms with Crippen LogP contribution in [0.1, 0.15) is 30.8 Å². The molecule has 2 amide bonds. The molecule has 1 aromatic carbocycles. The molecule has 2 aromatic rings. The summed E-state index contributed by atoms with van der Waals surface area (Å²) in [4.78, 5) is 36.8. The van der Waals surface area contributed by atoms with Crippen LogP contribution in [0.15, 0.2) is 36.4 Å². The lowest BCUT2D eigenvalue weighted by Crippen LogP contribution is -2.81. The van der Waals surface area contributed by atoms with Crippen LogP contribution in [0.2, 0.25) is 5.02 Å². The van der Waals surface area contributed by atoms with E-state index in [2.05, 4.69) is 9.88 Å². The van der Waals surface area contributed by atoms with Crippen molar-refractivity contribution in [1.82, 2.24) is 14.8 Å². The van der Waals surface area contributed by atoms with E-state index in [-0.39, 0.29) is 24.4 Å². The molecule has 2 fully saturated rings. The molecule has 1 aromatic heterocycles. The van der Waals surface area contributed by atoms with Crippen LogP contribution >= 0.6 is 11.6 Å². The lowest BCUT2D eigenvalue weighted by atomic mass is 9.82. The summed E-state index contributed by atoms with van der Waals surface area (Å²) < 4.78 is 0. The van der Waals surface area contributed by atoms with Crippen molar-refractivity contribution in [3.05, 3.63) is 58.4 Å². The van der Waals surface area contributed by atoms with Gasteiger partial charge in [0.15, 0.2) is 5.54 Å². The Morgan fingerprint density at radius 2 is 1.67 bits per heavy atom. The fraction of sp³-hybridized carbons (Fsp3) is 0.435. The molecule has 0 N–H and O–H groups in total. The summed E-state index contributed by atoms with van der Waals surface area (Å²) in [6, 6.07) is 11.5. The van der Waals surface area contributed by atoms with Crippen LogP contribution in [0.4, 0.5) is 5.69 Å². The predicted octanol–water partition coefficient (Wildman–Crippen LogP) is 3.19. The van der Waals surface area contributed by atoms with E-state index in [0.29, 0.717) is 24.7 Å². The normalized spacial score (nSPS) is 18.4. The number of carbonyl (C=O) groups is 2. The minimum atomic E-state index is -0.843. The summed E-state index contributed by atoms with van der Waals surface area (Å²) in [7, 11) is 0. The number of nitrogens with zero attached hydrogens (tertiary/aromatic N) is 4. The van der Waals surface area contributed by atoms with Gasteiger partial charge in [-0.15, -0.1) is 0 Å². The fourth-order valence-electron chi connectivity index (χ4n) is 4.42. The van der Waals surface area contributed by atoms with E-state index in [9.17, 15) is 9.59 Å². The summed E-state index contributed by atoms with van der Waals surface area (Å²) in [5.74, 6) is 0.0183. The molecule has 3 heterocycles. The number of hydrogen-bond acceptors (Lipinski definition) is 4. The number of hydrogen-bond donors (Lipinski definition) is 0. The van der Waals surface area contributed by atoms with Gasteiger partial charge in [-0.05, 0) is 57.5 Å². The van der Waals surface area contributed by atoms with E-state index >= 15 is 0 Å². The average molecular weight is 427 g/mol. The van der Waals surface area contributed by atoms with E-state index in [1.165, 1.54) is 0 Å². The third-order valence-electron chi connectivity index (χ3n) is 6.00. The zero-order chi connectivity index (χ0) is 21.6. The van der Waals surface area contributed by atoms with E-state index in [0.717, 1.165) is 22.6 Å². The van der Waals surface area contributed by atoms with Gasteiger partial charge in [0.25, 0.3) is 5.91 Å². The number of amides is 2. The fourth-order valence-corrected chi connectivity index (χ4v) is 4.55. The quantitative estimate of drug-likeness (QED) is 0.753. The van der Waals surface area contributed by atoms with Crippen molar-refractivity contribution in [1.29, 1.82) is 0 Å². The van der Waals surface area contributed by atoms with Crippen molar-refractivity contribution < 1.29 is 9.59 Å². The van der Waals surface area contributed by atoms with Crippen molar-refractivity contribution in [3.63, 3.8) is 0 Å². The number of halogens is 1. The van der Waals surface area contributed by atoms with Crippen LogP contribution in [-0.2, 0) is 16.1 Å². The van der Waals surface area contributed by atoms with E-state index in [4.69, 9.17) is 11.6 Å². The average Bonchev–Trinajstić information content (AvgIpc) is 2.63. The maximum Gasteiger partial charge on any atom is 0.252 e. The lowest BCUT2D eigenvalue weighted by Gasteiger charge is -2.59. The van der Waals surface area contributed by atoms with Crippen LogP contribution in [-0.4, -0.2) is 57.8 Å². The zero-order valence-electron chi connectivity index (χ0n) is 17.9. The lowest BCUT2D eigenvalue weighted by molar-refractivity contribution is -0.170. The predicted molar refractivity (Wildman–Crippen MR) is 118 cm³/mol. The van der Waals surface area contributed by atoms with Crippen molar-refractivity contribution in [2.45, 2.75) is 45.8 Å². The van der Waals surface area contributed by atoms with Crippen LogP contribution in [0.5, 0.6) is 0 Å². The molecule has 4 rings (SSSR count).